The summed E-state index contributed by atoms with van der Waals surface area (Å²) in [6.45, 7) is 7.40. The number of likely N-dealkylation sites (N-methyl/N-ethyl adjacent to an activating group) is 1. The molecular weight excluding hydrogens is 232 g/mol. The van der Waals surface area contributed by atoms with E-state index in [0.29, 0.717) is 24.6 Å². The maximum absolute atomic E-state index is 5.69. The predicted octanol–water partition coefficient (Wildman–Crippen LogP) is -0.00720. The summed E-state index contributed by atoms with van der Waals surface area (Å²) in [5.74, 6) is 0.807. The number of hydrogen-bond acceptors (Lipinski definition) is 7. The van der Waals surface area contributed by atoms with E-state index in [1.54, 1.807) is 0 Å². The van der Waals surface area contributed by atoms with Gasteiger partial charge in [-0.1, -0.05) is 0 Å². The highest BCUT2D eigenvalue weighted by Crippen LogP contribution is 2.18. The minimum absolute atomic E-state index is 0.203. The van der Waals surface area contributed by atoms with Gasteiger partial charge in [-0.25, -0.2) is 0 Å². The van der Waals surface area contributed by atoms with E-state index in [0.717, 1.165) is 19.6 Å². The minimum Gasteiger partial charge on any atom is -0.464 e. The number of hydrogen-bond donors (Lipinski definition) is 1. The van der Waals surface area contributed by atoms with Crippen molar-refractivity contribution in [3.05, 3.63) is 0 Å². The fourth-order valence-electron chi connectivity index (χ4n) is 2.12. The van der Waals surface area contributed by atoms with E-state index in [4.69, 9.17) is 10.5 Å². The Morgan fingerprint density at radius 3 is 2.78 bits per heavy atom. The third kappa shape index (κ3) is 2.79. The Kier molecular flexibility index (Phi) is 3.81. The molecule has 18 heavy (non-hydrogen) atoms. The van der Waals surface area contributed by atoms with Crippen molar-refractivity contribution in [3.8, 4) is 6.01 Å². The zero-order valence-corrected chi connectivity index (χ0v) is 11.1. The minimum atomic E-state index is 0.203. The van der Waals surface area contributed by atoms with Crippen LogP contribution >= 0.6 is 0 Å². The van der Waals surface area contributed by atoms with Gasteiger partial charge in [-0.05, 0) is 20.9 Å². The molecule has 0 amide bonds. The maximum Gasteiger partial charge on any atom is 0.323 e. The van der Waals surface area contributed by atoms with Crippen LogP contribution in [-0.2, 0) is 0 Å². The molecule has 0 bridgehead atoms. The molecule has 1 aromatic rings. The van der Waals surface area contributed by atoms with Crippen molar-refractivity contribution >= 4 is 11.9 Å². The fourth-order valence-corrected chi connectivity index (χ4v) is 2.12. The normalized spacial score (nSPS) is 21.1. The number of aromatic nitrogens is 3. The van der Waals surface area contributed by atoms with Crippen LogP contribution in [0.5, 0.6) is 6.01 Å². The number of nitrogens with zero attached hydrogens (tertiary/aromatic N) is 5. The molecular formula is C11H20N6O. The van der Waals surface area contributed by atoms with Crippen molar-refractivity contribution in [2.45, 2.75) is 19.9 Å². The number of ether oxygens (including phenoxy) is 1. The SMILES string of the molecule is CCOc1nc(N)nc(N2CCN(C)CC2C)n1. The molecule has 1 aliphatic heterocycles. The van der Waals surface area contributed by atoms with Gasteiger partial charge in [0.15, 0.2) is 0 Å². The van der Waals surface area contributed by atoms with E-state index < -0.39 is 0 Å². The molecule has 0 aliphatic carbocycles. The Hall–Kier alpha value is -1.63. The van der Waals surface area contributed by atoms with Gasteiger partial charge in [-0.15, -0.1) is 0 Å². The molecule has 100 valence electrons. The zero-order valence-electron chi connectivity index (χ0n) is 11.1. The highest BCUT2D eigenvalue weighted by atomic mass is 16.5. The van der Waals surface area contributed by atoms with Gasteiger partial charge in [0.25, 0.3) is 0 Å². The van der Waals surface area contributed by atoms with E-state index in [9.17, 15) is 0 Å². The van der Waals surface area contributed by atoms with Gasteiger partial charge in [-0.3, -0.25) is 0 Å². The maximum atomic E-state index is 5.69. The van der Waals surface area contributed by atoms with E-state index in [-0.39, 0.29) is 5.95 Å². The van der Waals surface area contributed by atoms with E-state index in [2.05, 4.69) is 38.7 Å². The van der Waals surface area contributed by atoms with Gasteiger partial charge >= 0.3 is 6.01 Å². The second-order valence-corrected chi connectivity index (χ2v) is 4.51. The molecule has 0 spiro atoms. The van der Waals surface area contributed by atoms with Crippen LogP contribution in [0, 0.1) is 0 Å². The van der Waals surface area contributed by atoms with Crippen LogP contribution in [0.3, 0.4) is 0 Å². The number of piperazine rings is 1. The van der Waals surface area contributed by atoms with Crippen LogP contribution in [0.2, 0.25) is 0 Å². The third-order valence-corrected chi connectivity index (χ3v) is 2.98. The highest BCUT2D eigenvalue weighted by Gasteiger charge is 2.24. The zero-order chi connectivity index (χ0) is 13.1. The average Bonchev–Trinajstić information content (AvgIpc) is 2.28. The molecule has 1 atom stereocenters. The van der Waals surface area contributed by atoms with Crippen LogP contribution < -0.4 is 15.4 Å². The Labute approximate surface area is 107 Å². The molecule has 0 saturated carbocycles. The van der Waals surface area contributed by atoms with E-state index in [1.165, 1.54) is 0 Å². The van der Waals surface area contributed by atoms with Gasteiger partial charge in [0.1, 0.15) is 0 Å². The summed E-state index contributed by atoms with van der Waals surface area (Å²) >= 11 is 0. The summed E-state index contributed by atoms with van der Waals surface area (Å²) in [5, 5.41) is 0. The lowest BCUT2D eigenvalue weighted by atomic mass is 10.2. The third-order valence-electron chi connectivity index (χ3n) is 2.98. The summed E-state index contributed by atoms with van der Waals surface area (Å²) in [6, 6.07) is 0.645. The Morgan fingerprint density at radius 2 is 2.11 bits per heavy atom. The van der Waals surface area contributed by atoms with Crippen molar-refractivity contribution in [2.75, 3.05) is 43.9 Å². The van der Waals surface area contributed by atoms with Crippen LogP contribution in [0.1, 0.15) is 13.8 Å². The lowest BCUT2D eigenvalue weighted by molar-refractivity contribution is 0.271. The van der Waals surface area contributed by atoms with E-state index >= 15 is 0 Å². The number of rotatable bonds is 3. The van der Waals surface area contributed by atoms with Gasteiger partial charge in [0.2, 0.25) is 11.9 Å². The second-order valence-electron chi connectivity index (χ2n) is 4.51. The van der Waals surface area contributed by atoms with Crippen LogP contribution in [0.25, 0.3) is 0 Å². The van der Waals surface area contributed by atoms with Crippen LogP contribution in [-0.4, -0.2) is 59.2 Å². The highest BCUT2D eigenvalue weighted by molar-refractivity contribution is 5.37. The molecule has 2 N–H and O–H groups in total. The molecule has 7 heteroatoms. The molecule has 1 unspecified atom stereocenters. The topological polar surface area (TPSA) is 80.4 Å². The molecule has 1 aliphatic rings. The van der Waals surface area contributed by atoms with Crippen molar-refractivity contribution in [1.29, 1.82) is 0 Å². The lowest BCUT2D eigenvalue weighted by Crippen LogP contribution is -2.51. The molecule has 0 radical (unpaired) electrons. The van der Waals surface area contributed by atoms with E-state index in [1.807, 2.05) is 6.92 Å². The molecule has 2 rings (SSSR count). The smallest absolute Gasteiger partial charge is 0.323 e. The Bertz CT molecular complexity index is 413. The monoisotopic (exact) mass is 252 g/mol. The predicted molar refractivity (Wildman–Crippen MR) is 69.7 cm³/mol. The summed E-state index contributed by atoms with van der Waals surface area (Å²) in [7, 11) is 2.11. The summed E-state index contributed by atoms with van der Waals surface area (Å²) in [5.41, 5.74) is 5.69. The first-order valence-electron chi connectivity index (χ1n) is 6.19. The molecule has 2 heterocycles. The quantitative estimate of drug-likeness (QED) is 0.810. The summed E-state index contributed by atoms with van der Waals surface area (Å²) < 4.78 is 5.30. The Balaban J connectivity index is 2.21. The van der Waals surface area contributed by atoms with Gasteiger partial charge in [-0.2, -0.15) is 15.0 Å². The van der Waals surface area contributed by atoms with Crippen LogP contribution in [0.15, 0.2) is 0 Å². The van der Waals surface area contributed by atoms with Crippen molar-refractivity contribution in [3.63, 3.8) is 0 Å². The summed E-state index contributed by atoms with van der Waals surface area (Å²) in [4.78, 5) is 16.9. The largest absolute Gasteiger partial charge is 0.464 e. The van der Waals surface area contributed by atoms with Crippen molar-refractivity contribution in [2.24, 2.45) is 0 Å². The first kappa shape index (κ1) is 12.8. The summed E-state index contributed by atoms with van der Waals surface area (Å²) in [6.07, 6.45) is 0. The molecule has 1 fully saturated rings. The molecule has 1 aromatic heterocycles. The first-order valence-corrected chi connectivity index (χ1v) is 6.19. The van der Waals surface area contributed by atoms with Gasteiger partial charge in [0.05, 0.1) is 6.61 Å². The standard InChI is InChI=1S/C11H20N6O/c1-4-18-11-14-9(12)13-10(15-11)17-6-5-16(3)7-8(17)2/h8H,4-7H2,1-3H3,(H2,12,13,14,15). The average molecular weight is 252 g/mol. The lowest BCUT2D eigenvalue weighted by Gasteiger charge is -2.38. The van der Waals surface area contributed by atoms with Crippen molar-refractivity contribution in [1.82, 2.24) is 19.9 Å². The number of nitrogen functional groups attached to an aromatic ring is 1. The molecule has 7 nitrogen and oxygen atoms in total. The second kappa shape index (κ2) is 5.34. The Morgan fingerprint density at radius 1 is 1.33 bits per heavy atom. The number of nitrogens with two attached hydrogens (primary N) is 1. The molecule has 0 aromatic carbocycles. The van der Waals surface area contributed by atoms with Gasteiger partial charge in [0, 0.05) is 25.7 Å². The fraction of sp³-hybridized carbons (Fsp3) is 0.727. The molecule has 1 saturated heterocycles. The van der Waals surface area contributed by atoms with Gasteiger partial charge < -0.3 is 20.3 Å². The number of anilines is 2. The van der Waals surface area contributed by atoms with Crippen molar-refractivity contribution < 1.29 is 4.74 Å². The van der Waals surface area contributed by atoms with Crippen LogP contribution in [0.4, 0.5) is 11.9 Å². The first-order chi connectivity index (χ1) is 8.60.